The number of hydrogen-bond acceptors (Lipinski definition) is 6. The van der Waals surface area contributed by atoms with E-state index >= 15 is 0 Å². The number of tetrazole rings is 1. The van der Waals surface area contributed by atoms with Crippen LogP contribution in [0, 0.1) is 0 Å². The van der Waals surface area contributed by atoms with Crippen molar-refractivity contribution in [3.63, 3.8) is 0 Å². The summed E-state index contributed by atoms with van der Waals surface area (Å²) in [5.41, 5.74) is 1.51. The van der Waals surface area contributed by atoms with E-state index in [1.807, 2.05) is 6.07 Å². The van der Waals surface area contributed by atoms with Crippen LogP contribution in [0.5, 0.6) is 11.5 Å². The smallest absolute Gasteiger partial charge is 0.174 e. The molecule has 0 aliphatic rings. The molecule has 0 unspecified atom stereocenters. The molecule has 1 aromatic heterocycles. The molecule has 0 saturated carbocycles. The Hall–Kier alpha value is -2.44. The van der Waals surface area contributed by atoms with E-state index in [0.717, 1.165) is 49.7 Å². The molecule has 1 aromatic carbocycles. The maximum Gasteiger partial charge on any atom is 0.174 e. The second kappa shape index (κ2) is 8.87. The summed E-state index contributed by atoms with van der Waals surface area (Å²) in [6.45, 7) is 2.68. The largest absolute Gasteiger partial charge is 0.496 e. The van der Waals surface area contributed by atoms with Crippen molar-refractivity contribution < 1.29 is 14.3 Å². The number of aldehydes is 1. The number of ether oxygens (including phenoxy) is 2. The van der Waals surface area contributed by atoms with Crippen LogP contribution >= 0.6 is 0 Å². The van der Waals surface area contributed by atoms with Crippen LogP contribution in [0.1, 0.15) is 47.9 Å². The highest BCUT2D eigenvalue weighted by molar-refractivity contribution is 5.81. The molecule has 0 saturated heterocycles. The van der Waals surface area contributed by atoms with Crippen molar-refractivity contribution >= 4 is 6.29 Å². The Kier molecular flexibility index (Phi) is 6.53. The molecule has 0 spiro atoms. The van der Waals surface area contributed by atoms with E-state index in [-0.39, 0.29) is 0 Å². The third-order valence-corrected chi connectivity index (χ3v) is 3.52. The fourth-order valence-corrected chi connectivity index (χ4v) is 2.44. The van der Waals surface area contributed by atoms with Crippen LogP contribution in [0.15, 0.2) is 12.1 Å². The van der Waals surface area contributed by atoms with Crippen molar-refractivity contribution in [1.82, 2.24) is 20.6 Å². The lowest BCUT2D eigenvalue weighted by molar-refractivity contribution is 0.112. The number of aromatic nitrogens is 4. The van der Waals surface area contributed by atoms with E-state index in [2.05, 4.69) is 27.5 Å². The molecule has 124 valence electrons. The highest BCUT2D eigenvalue weighted by atomic mass is 16.5. The maximum atomic E-state index is 11.1. The maximum absolute atomic E-state index is 11.1. The van der Waals surface area contributed by atoms with Crippen LogP contribution in [0.3, 0.4) is 0 Å². The van der Waals surface area contributed by atoms with Gasteiger partial charge >= 0.3 is 0 Å². The zero-order chi connectivity index (χ0) is 16.5. The molecule has 0 atom stereocenters. The predicted octanol–water partition coefficient (Wildman–Crippen LogP) is 2.38. The van der Waals surface area contributed by atoms with Crippen LogP contribution < -0.4 is 9.47 Å². The van der Waals surface area contributed by atoms with Crippen molar-refractivity contribution in [2.24, 2.45) is 0 Å². The third kappa shape index (κ3) is 4.51. The van der Waals surface area contributed by atoms with Gasteiger partial charge in [-0.2, -0.15) is 5.21 Å². The Balaban J connectivity index is 1.94. The number of H-pyrrole nitrogens is 1. The van der Waals surface area contributed by atoms with E-state index in [0.29, 0.717) is 23.7 Å². The standard InChI is InChI=1S/C16H22N4O3/c1-3-6-13-14(9-8-12(11-21)16(13)22-2)23-10-5-4-7-15-17-19-20-18-15/h8-9,11H,3-7,10H2,1-2H3,(H,17,18,19,20). The van der Waals surface area contributed by atoms with Gasteiger partial charge in [0.05, 0.1) is 19.3 Å². The minimum absolute atomic E-state index is 0.556. The summed E-state index contributed by atoms with van der Waals surface area (Å²) in [6.07, 6.45) is 5.15. The topological polar surface area (TPSA) is 90.0 Å². The first-order valence-corrected chi connectivity index (χ1v) is 7.80. The Morgan fingerprint density at radius 1 is 1.26 bits per heavy atom. The van der Waals surface area contributed by atoms with E-state index in [1.54, 1.807) is 13.2 Å². The number of nitrogens with one attached hydrogen (secondary N) is 1. The van der Waals surface area contributed by atoms with Gasteiger partial charge < -0.3 is 9.47 Å². The minimum Gasteiger partial charge on any atom is -0.496 e. The molecule has 0 aliphatic heterocycles. The number of rotatable bonds is 10. The molecule has 0 radical (unpaired) electrons. The first-order chi connectivity index (χ1) is 11.3. The van der Waals surface area contributed by atoms with E-state index < -0.39 is 0 Å². The molecule has 7 nitrogen and oxygen atoms in total. The second-order valence-corrected chi connectivity index (χ2v) is 5.17. The van der Waals surface area contributed by atoms with Gasteiger partial charge in [0.2, 0.25) is 0 Å². The second-order valence-electron chi connectivity index (χ2n) is 5.17. The SMILES string of the molecule is CCCc1c(OCCCCc2nn[nH]n2)ccc(C=O)c1OC. The third-order valence-electron chi connectivity index (χ3n) is 3.52. The first kappa shape index (κ1) is 16.9. The van der Waals surface area contributed by atoms with Crippen molar-refractivity contribution in [2.75, 3.05) is 13.7 Å². The Bertz CT molecular complexity index is 614. The summed E-state index contributed by atoms with van der Waals surface area (Å²) in [5.74, 6) is 2.12. The summed E-state index contributed by atoms with van der Waals surface area (Å²) >= 11 is 0. The number of methoxy groups -OCH3 is 1. The molecule has 0 bridgehead atoms. The number of aromatic amines is 1. The first-order valence-electron chi connectivity index (χ1n) is 7.80. The van der Waals surface area contributed by atoms with Crippen molar-refractivity contribution in [1.29, 1.82) is 0 Å². The summed E-state index contributed by atoms with van der Waals surface area (Å²) in [6, 6.07) is 3.58. The molecule has 1 N–H and O–H groups in total. The van der Waals surface area contributed by atoms with Crippen LogP contribution in [0.4, 0.5) is 0 Å². The Morgan fingerprint density at radius 3 is 2.78 bits per heavy atom. The fraction of sp³-hybridized carbons (Fsp3) is 0.500. The molecule has 0 fully saturated rings. The lowest BCUT2D eigenvalue weighted by atomic mass is 10.0. The van der Waals surface area contributed by atoms with Crippen LogP contribution in [-0.4, -0.2) is 40.6 Å². The summed E-state index contributed by atoms with van der Waals surface area (Å²) in [4.78, 5) is 11.1. The molecule has 1 heterocycles. The van der Waals surface area contributed by atoms with Gasteiger partial charge in [-0.25, -0.2) is 0 Å². The Morgan fingerprint density at radius 2 is 2.13 bits per heavy atom. The molecular weight excluding hydrogens is 296 g/mol. The molecule has 7 heteroatoms. The number of carbonyl (C=O) groups excluding carboxylic acids is 1. The molecular formula is C16H22N4O3. The fourth-order valence-electron chi connectivity index (χ4n) is 2.44. The van der Waals surface area contributed by atoms with Crippen molar-refractivity contribution in [3.8, 4) is 11.5 Å². The number of carbonyl (C=O) groups is 1. The van der Waals surface area contributed by atoms with Gasteiger partial charge in [0, 0.05) is 12.0 Å². The van der Waals surface area contributed by atoms with Gasteiger partial charge in [0.25, 0.3) is 0 Å². The number of benzene rings is 1. The number of aryl methyl sites for hydroxylation is 1. The monoisotopic (exact) mass is 318 g/mol. The number of hydrogen-bond donors (Lipinski definition) is 1. The van der Waals surface area contributed by atoms with Gasteiger partial charge in [-0.3, -0.25) is 4.79 Å². The zero-order valence-corrected chi connectivity index (χ0v) is 13.5. The van der Waals surface area contributed by atoms with Crippen molar-refractivity contribution in [2.45, 2.75) is 39.0 Å². The summed E-state index contributed by atoms with van der Waals surface area (Å²) in [5, 5.41) is 13.8. The number of unbranched alkanes of at least 4 members (excludes halogenated alkanes) is 1. The average Bonchev–Trinajstić information content (AvgIpc) is 3.08. The highest BCUT2D eigenvalue weighted by Crippen LogP contribution is 2.32. The zero-order valence-electron chi connectivity index (χ0n) is 13.5. The van der Waals surface area contributed by atoms with Crippen LogP contribution in [0.25, 0.3) is 0 Å². The van der Waals surface area contributed by atoms with Crippen molar-refractivity contribution in [3.05, 3.63) is 29.1 Å². The normalized spacial score (nSPS) is 10.5. The van der Waals surface area contributed by atoms with Gasteiger partial charge in [-0.15, -0.1) is 10.2 Å². The van der Waals surface area contributed by atoms with Gasteiger partial charge in [0.1, 0.15) is 11.5 Å². The summed E-state index contributed by atoms with van der Waals surface area (Å²) in [7, 11) is 1.58. The average molecular weight is 318 g/mol. The molecule has 2 rings (SSSR count). The predicted molar refractivity (Wildman–Crippen MR) is 85.0 cm³/mol. The lowest BCUT2D eigenvalue weighted by Crippen LogP contribution is -2.04. The van der Waals surface area contributed by atoms with Crippen LogP contribution in [0.2, 0.25) is 0 Å². The van der Waals surface area contributed by atoms with Gasteiger partial charge in [0.15, 0.2) is 12.1 Å². The molecule has 0 aliphatic carbocycles. The molecule has 2 aromatic rings. The quantitative estimate of drug-likeness (QED) is 0.534. The van der Waals surface area contributed by atoms with Crippen LogP contribution in [-0.2, 0) is 12.8 Å². The minimum atomic E-state index is 0.556. The van der Waals surface area contributed by atoms with E-state index in [9.17, 15) is 4.79 Å². The summed E-state index contributed by atoms with van der Waals surface area (Å²) < 4.78 is 11.3. The highest BCUT2D eigenvalue weighted by Gasteiger charge is 2.14. The number of nitrogens with zero attached hydrogens (tertiary/aromatic N) is 3. The van der Waals surface area contributed by atoms with Gasteiger partial charge in [-0.1, -0.05) is 18.6 Å². The molecule has 0 amide bonds. The van der Waals surface area contributed by atoms with E-state index in [1.165, 1.54) is 0 Å². The Labute approximate surface area is 135 Å². The molecule has 23 heavy (non-hydrogen) atoms. The lowest BCUT2D eigenvalue weighted by Gasteiger charge is -2.16. The van der Waals surface area contributed by atoms with E-state index in [4.69, 9.17) is 9.47 Å². The van der Waals surface area contributed by atoms with Gasteiger partial charge in [-0.05, 0) is 31.4 Å².